The van der Waals surface area contributed by atoms with E-state index >= 15 is 0 Å². The van der Waals surface area contributed by atoms with Gasteiger partial charge in [0.25, 0.3) is 0 Å². The SMILES string of the molecule is Cc1ccc(N(c2ccc(C)cc2)c2ccc(OCCOCCOc3ccc(N(c4ccc(C)cc4)c4ccc(C)cc4)cc3)cc2)cc1. The van der Waals surface area contributed by atoms with Crippen LogP contribution in [0, 0.1) is 27.7 Å². The maximum Gasteiger partial charge on any atom is 0.119 e. The zero-order chi connectivity index (χ0) is 34.0. The number of ether oxygens (including phenoxy) is 3. The molecule has 6 aromatic carbocycles. The molecule has 0 N–H and O–H groups in total. The van der Waals surface area contributed by atoms with Crippen molar-refractivity contribution in [3.63, 3.8) is 0 Å². The zero-order valence-corrected chi connectivity index (χ0v) is 28.8. The predicted molar refractivity (Wildman–Crippen MR) is 203 cm³/mol. The second-order valence-electron chi connectivity index (χ2n) is 12.3. The van der Waals surface area contributed by atoms with E-state index in [0.29, 0.717) is 26.4 Å². The van der Waals surface area contributed by atoms with Crippen LogP contribution in [-0.4, -0.2) is 26.4 Å². The molecule has 248 valence electrons. The topological polar surface area (TPSA) is 34.2 Å². The van der Waals surface area contributed by atoms with Gasteiger partial charge < -0.3 is 24.0 Å². The van der Waals surface area contributed by atoms with Crippen molar-refractivity contribution in [3.05, 3.63) is 168 Å². The maximum absolute atomic E-state index is 5.98. The Kier molecular flexibility index (Phi) is 10.9. The molecular formula is C44H44N2O3. The van der Waals surface area contributed by atoms with E-state index in [4.69, 9.17) is 14.2 Å². The van der Waals surface area contributed by atoms with Gasteiger partial charge in [-0.2, -0.15) is 0 Å². The van der Waals surface area contributed by atoms with Gasteiger partial charge in [0.05, 0.1) is 13.2 Å². The monoisotopic (exact) mass is 648 g/mol. The van der Waals surface area contributed by atoms with Crippen molar-refractivity contribution in [2.75, 3.05) is 36.2 Å². The lowest BCUT2D eigenvalue weighted by molar-refractivity contribution is 0.0764. The van der Waals surface area contributed by atoms with Crippen molar-refractivity contribution >= 4 is 34.1 Å². The number of hydrogen-bond acceptors (Lipinski definition) is 5. The van der Waals surface area contributed by atoms with Gasteiger partial charge in [-0.25, -0.2) is 0 Å². The molecule has 0 fully saturated rings. The Morgan fingerprint density at radius 2 is 0.531 bits per heavy atom. The largest absolute Gasteiger partial charge is 0.491 e. The lowest BCUT2D eigenvalue weighted by Crippen LogP contribution is -2.12. The van der Waals surface area contributed by atoms with Crippen LogP contribution >= 0.6 is 0 Å². The first-order valence-corrected chi connectivity index (χ1v) is 16.8. The number of nitrogens with zero attached hydrogens (tertiary/aromatic N) is 2. The fourth-order valence-corrected chi connectivity index (χ4v) is 5.59. The lowest BCUT2D eigenvalue weighted by atomic mass is 10.1. The van der Waals surface area contributed by atoms with Gasteiger partial charge in [-0.15, -0.1) is 0 Å². The molecule has 0 radical (unpaired) electrons. The number of anilines is 6. The Labute approximate surface area is 290 Å². The van der Waals surface area contributed by atoms with E-state index in [-0.39, 0.29) is 0 Å². The Morgan fingerprint density at radius 3 is 0.776 bits per heavy atom. The van der Waals surface area contributed by atoms with Crippen LogP contribution < -0.4 is 19.3 Å². The van der Waals surface area contributed by atoms with Crippen LogP contribution in [0.1, 0.15) is 22.3 Å². The van der Waals surface area contributed by atoms with Crippen molar-refractivity contribution in [3.8, 4) is 11.5 Å². The lowest BCUT2D eigenvalue weighted by Gasteiger charge is -2.26. The maximum atomic E-state index is 5.98. The smallest absolute Gasteiger partial charge is 0.119 e. The molecule has 0 unspecified atom stereocenters. The number of aryl methyl sites for hydroxylation is 4. The van der Waals surface area contributed by atoms with Crippen molar-refractivity contribution < 1.29 is 14.2 Å². The molecule has 5 nitrogen and oxygen atoms in total. The van der Waals surface area contributed by atoms with Crippen molar-refractivity contribution in [1.82, 2.24) is 0 Å². The first-order chi connectivity index (χ1) is 23.9. The summed E-state index contributed by atoms with van der Waals surface area (Å²) in [6, 6.07) is 50.8. The van der Waals surface area contributed by atoms with Crippen LogP contribution in [0.15, 0.2) is 146 Å². The highest BCUT2D eigenvalue weighted by atomic mass is 16.5. The first-order valence-electron chi connectivity index (χ1n) is 16.8. The molecule has 6 rings (SSSR count). The summed E-state index contributed by atoms with van der Waals surface area (Å²) >= 11 is 0. The Hall–Kier alpha value is -5.52. The molecule has 0 amide bonds. The quantitative estimate of drug-likeness (QED) is 0.110. The van der Waals surface area contributed by atoms with E-state index in [1.54, 1.807) is 0 Å². The number of hydrogen-bond donors (Lipinski definition) is 0. The normalized spacial score (nSPS) is 10.9. The van der Waals surface area contributed by atoms with Crippen LogP contribution in [0.25, 0.3) is 0 Å². The van der Waals surface area contributed by atoms with E-state index < -0.39 is 0 Å². The molecule has 0 aliphatic rings. The van der Waals surface area contributed by atoms with Gasteiger partial charge in [-0.05, 0) is 125 Å². The van der Waals surface area contributed by atoms with Gasteiger partial charge in [-0.3, -0.25) is 0 Å². The molecule has 0 aliphatic heterocycles. The summed E-state index contributed by atoms with van der Waals surface area (Å²) in [5, 5.41) is 0. The minimum atomic E-state index is 0.460. The van der Waals surface area contributed by atoms with Gasteiger partial charge in [0.1, 0.15) is 24.7 Å². The van der Waals surface area contributed by atoms with Crippen molar-refractivity contribution in [2.45, 2.75) is 27.7 Å². The molecule has 0 heterocycles. The van der Waals surface area contributed by atoms with E-state index in [9.17, 15) is 0 Å². The molecule has 0 aliphatic carbocycles. The third kappa shape index (κ3) is 8.89. The fraction of sp³-hybridized carbons (Fsp3) is 0.182. The summed E-state index contributed by atoms with van der Waals surface area (Å²) in [6.45, 7) is 10.3. The molecule has 0 spiro atoms. The summed E-state index contributed by atoms with van der Waals surface area (Å²) < 4.78 is 17.8. The fourth-order valence-electron chi connectivity index (χ4n) is 5.59. The zero-order valence-electron chi connectivity index (χ0n) is 28.8. The van der Waals surface area contributed by atoms with E-state index in [2.05, 4.69) is 159 Å². The van der Waals surface area contributed by atoms with Crippen LogP contribution in [-0.2, 0) is 4.74 Å². The van der Waals surface area contributed by atoms with E-state index in [1.807, 2.05) is 24.3 Å². The highest BCUT2D eigenvalue weighted by Crippen LogP contribution is 2.37. The third-order valence-corrected chi connectivity index (χ3v) is 8.35. The molecular weight excluding hydrogens is 604 g/mol. The summed E-state index contributed by atoms with van der Waals surface area (Å²) in [7, 11) is 0. The predicted octanol–water partition coefficient (Wildman–Crippen LogP) is 11.3. The molecule has 0 aromatic heterocycles. The molecule has 6 aromatic rings. The molecule has 0 atom stereocenters. The van der Waals surface area contributed by atoms with Crippen LogP contribution in [0.2, 0.25) is 0 Å². The van der Waals surface area contributed by atoms with Gasteiger partial charge in [0.15, 0.2) is 0 Å². The standard InChI is InChI=1S/C44H44N2O3/c1-33-5-13-37(14-6-33)45(38-15-7-34(2)8-16-38)41-21-25-43(26-22-41)48-31-29-47-30-32-49-44-27-23-42(24-28-44)46(39-17-9-35(3)10-18-39)40-19-11-36(4)12-20-40/h5-28H,29-32H2,1-4H3. The van der Waals surface area contributed by atoms with Gasteiger partial charge >= 0.3 is 0 Å². The molecule has 0 saturated heterocycles. The van der Waals surface area contributed by atoms with Crippen LogP contribution in [0.3, 0.4) is 0 Å². The summed E-state index contributed by atoms with van der Waals surface area (Å²) in [6.07, 6.45) is 0. The summed E-state index contributed by atoms with van der Waals surface area (Å²) in [4.78, 5) is 4.51. The highest BCUT2D eigenvalue weighted by molar-refractivity contribution is 5.78. The number of benzene rings is 6. The van der Waals surface area contributed by atoms with Gasteiger partial charge in [0.2, 0.25) is 0 Å². The second-order valence-corrected chi connectivity index (χ2v) is 12.3. The molecule has 49 heavy (non-hydrogen) atoms. The third-order valence-electron chi connectivity index (χ3n) is 8.35. The average Bonchev–Trinajstić information content (AvgIpc) is 3.12. The average molecular weight is 649 g/mol. The number of rotatable bonds is 14. The van der Waals surface area contributed by atoms with Gasteiger partial charge in [-0.1, -0.05) is 70.8 Å². The molecule has 0 saturated carbocycles. The van der Waals surface area contributed by atoms with E-state index in [0.717, 1.165) is 45.6 Å². The van der Waals surface area contributed by atoms with Crippen molar-refractivity contribution in [2.24, 2.45) is 0 Å². The molecule has 0 bridgehead atoms. The Balaban J connectivity index is 0.975. The Morgan fingerprint density at radius 1 is 0.306 bits per heavy atom. The molecule has 5 heteroatoms. The second kappa shape index (κ2) is 16.1. The Bertz CT molecular complexity index is 1650. The summed E-state index contributed by atoms with van der Waals surface area (Å²) in [5.41, 5.74) is 11.5. The minimum Gasteiger partial charge on any atom is -0.491 e. The van der Waals surface area contributed by atoms with Gasteiger partial charge in [0, 0.05) is 34.1 Å². The van der Waals surface area contributed by atoms with Crippen LogP contribution in [0.4, 0.5) is 34.1 Å². The van der Waals surface area contributed by atoms with Crippen LogP contribution in [0.5, 0.6) is 11.5 Å². The minimum absolute atomic E-state index is 0.460. The van der Waals surface area contributed by atoms with Crippen molar-refractivity contribution in [1.29, 1.82) is 0 Å². The van der Waals surface area contributed by atoms with E-state index in [1.165, 1.54) is 22.3 Å². The highest BCUT2D eigenvalue weighted by Gasteiger charge is 2.14. The first kappa shape index (κ1) is 33.4. The summed E-state index contributed by atoms with van der Waals surface area (Å²) in [5.74, 6) is 1.61.